The van der Waals surface area contributed by atoms with Gasteiger partial charge in [0.05, 0.1) is 70.4 Å². The number of hydrazine groups is 1. The van der Waals surface area contributed by atoms with Crippen molar-refractivity contribution in [1.29, 1.82) is 0 Å². The van der Waals surface area contributed by atoms with E-state index in [4.69, 9.17) is 34.8 Å². The summed E-state index contributed by atoms with van der Waals surface area (Å²) in [4.78, 5) is 77.7. The zero-order valence-corrected chi connectivity index (χ0v) is 35.8. The number of nitrogens with one attached hydrogen (secondary N) is 2. The molecule has 0 aliphatic carbocycles. The molecule has 0 unspecified atom stereocenters. The third kappa shape index (κ3) is 17.4. The van der Waals surface area contributed by atoms with Gasteiger partial charge < -0.3 is 39.6 Å². The lowest BCUT2D eigenvalue weighted by Crippen LogP contribution is -2.51. The van der Waals surface area contributed by atoms with Gasteiger partial charge in [0.25, 0.3) is 17.7 Å². The van der Waals surface area contributed by atoms with Crippen LogP contribution in [0.2, 0.25) is 0 Å². The van der Waals surface area contributed by atoms with Crippen LogP contribution in [0.4, 0.5) is 22.0 Å². The van der Waals surface area contributed by atoms with Crippen LogP contribution in [0, 0.1) is 17.0 Å². The van der Waals surface area contributed by atoms with Crippen LogP contribution >= 0.6 is 0 Å². The predicted octanol–water partition coefficient (Wildman–Crippen LogP) is 2.65. The van der Waals surface area contributed by atoms with Gasteiger partial charge in [0.2, 0.25) is 11.8 Å². The summed E-state index contributed by atoms with van der Waals surface area (Å²) in [7, 11) is 0. The second kappa shape index (κ2) is 25.4. The molecule has 0 radical (unpaired) electrons. The lowest BCUT2D eigenvalue weighted by atomic mass is 9.84. The summed E-state index contributed by atoms with van der Waals surface area (Å²) < 4.78 is 78.9. The number of ether oxygens (including phenoxy) is 3. The highest BCUT2D eigenvalue weighted by Crippen LogP contribution is 2.39. The molecule has 2 atom stereocenters. The number of carboxylic acids is 1. The molecule has 0 bridgehead atoms. The molecule has 18 nitrogen and oxygen atoms in total. The zero-order chi connectivity index (χ0) is 48.3. The molecule has 2 heterocycles. The SMILES string of the molecule is CC(C)(C)[C@H](c1nc(-c2cc(F)ccc2F)cn1Cc1ccccc1)N(CC[C@H](N)C(=O)NNC(=O)CCOCCOCCOCCN1C(=O)C=CC1=O)C(=O)CO.O=C(O)C(F)(F)F. The second-order valence-electron chi connectivity index (χ2n) is 15.2. The lowest BCUT2D eigenvalue weighted by molar-refractivity contribution is -0.192. The zero-order valence-electron chi connectivity index (χ0n) is 35.8. The van der Waals surface area contributed by atoms with Gasteiger partial charge in [0.15, 0.2) is 0 Å². The van der Waals surface area contributed by atoms with E-state index in [1.807, 2.05) is 51.1 Å². The Balaban J connectivity index is 0.00000148. The first-order chi connectivity index (χ1) is 30.6. The highest BCUT2D eigenvalue weighted by Gasteiger charge is 2.39. The van der Waals surface area contributed by atoms with Gasteiger partial charge in [-0.3, -0.25) is 39.7 Å². The van der Waals surface area contributed by atoms with Crippen molar-refractivity contribution in [2.75, 3.05) is 59.3 Å². The number of hydrogen-bond acceptors (Lipinski definition) is 12. The standard InChI is InChI=1S/C40H51F2N7O9.C2HF3O2/c1-40(2,3)37(38-44-32(29-23-28(41)9-10-30(29)42)25-47(38)24-27-7-5-4-6-8-27)49(36(54)26-50)15-13-31(43)39(55)46-45-33(51)14-17-56-19-21-58-22-20-57-18-16-48-34(52)11-12-35(48)53;3-2(4,5)1(6)7/h4-12,23,25,31,37,50H,13-22,24,26,43H2,1-3H3,(H,45,51)(H,46,55);(H,6,7)/t31-,37-;/m0./s1. The Morgan fingerprint density at radius 3 is 2.03 bits per heavy atom. The number of hydrogen-bond donors (Lipinski definition) is 5. The highest BCUT2D eigenvalue weighted by atomic mass is 19.4. The molecule has 1 aromatic heterocycles. The fraction of sp³-hybridized carbons (Fsp3) is 0.452. The van der Waals surface area contributed by atoms with Crippen molar-refractivity contribution in [1.82, 2.24) is 30.2 Å². The Morgan fingerprint density at radius 1 is 0.877 bits per heavy atom. The number of nitrogens with two attached hydrogens (primary N) is 1. The molecule has 4 rings (SSSR count). The van der Waals surface area contributed by atoms with Crippen LogP contribution in [0.5, 0.6) is 0 Å². The van der Waals surface area contributed by atoms with Crippen molar-refractivity contribution in [3.05, 3.63) is 89.9 Å². The minimum atomic E-state index is -5.08. The van der Waals surface area contributed by atoms with Gasteiger partial charge in [-0.1, -0.05) is 51.1 Å². The van der Waals surface area contributed by atoms with Crippen molar-refractivity contribution >= 4 is 35.5 Å². The van der Waals surface area contributed by atoms with Crippen molar-refractivity contribution in [3.63, 3.8) is 0 Å². The molecule has 0 saturated heterocycles. The second-order valence-corrected chi connectivity index (χ2v) is 15.2. The smallest absolute Gasteiger partial charge is 0.475 e. The van der Waals surface area contributed by atoms with Crippen LogP contribution in [-0.2, 0) is 49.5 Å². The highest BCUT2D eigenvalue weighted by molar-refractivity contribution is 6.12. The van der Waals surface area contributed by atoms with Crippen molar-refractivity contribution < 1.29 is 75.1 Å². The van der Waals surface area contributed by atoms with Crippen molar-refractivity contribution in [2.24, 2.45) is 11.1 Å². The van der Waals surface area contributed by atoms with Gasteiger partial charge in [0.1, 0.15) is 24.1 Å². The van der Waals surface area contributed by atoms with E-state index in [1.54, 1.807) is 10.8 Å². The van der Waals surface area contributed by atoms with Crippen molar-refractivity contribution in [2.45, 2.75) is 58.4 Å². The maximum absolute atomic E-state index is 15.0. The molecule has 3 aromatic rings. The van der Waals surface area contributed by atoms with E-state index < -0.39 is 65.6 Å². The minimum absolute atomic E-state index is 0.0412. The van der Waals surface area contributed by atoms with E-state index in [9.17, 15) is 51.0 Å². The minimum Gasteiger partial charge on any atom is -0.475 e. The predicted molar refractivity (Wildman–Crippen MR) is 220 cm³/mol. The number of aliphatic hydroxyl groups is 1. The molecule has 5 amide bonds. The van der Waals surface area contributed by atoms with Crippen molar-refractivity contribution in [3.8, 4) is 11.3 Å². The topological polar surface area (TPSA) is 245 Å². The summed E-state index contributed by atoms with van der Waals surface area (Å²) in [6, 6.07) is 10.4. The number of benzene rings is 2. The fourth-order valence-corrected chi connectivity index (χ4v) is 6.07. The van der Waals surface area contributed by atoms with Crippen LogP contribution in [0.1, 0.15) is 51.0 Å². The molecule has 6 N–H and O–H groups in total. The molecule has 0 fully saturated rings. The van der Waals surface area contributed by atoms with Gasteiger partial charge >= 0.3 is 12.1 Å². The van der Waals surface area contributed by atoms with Gasteiger partial charge in [-0.2, -0.15) is 13.2 Å². The van der Waals surface area contributed by atoms with Crippen LogP contribution in [-0.4, -0.2) is 137 Å². The Hall–Kier alpha value is -6.14. The number of amides is 5. The van der Waals surface area contributed by atoms with E-state index in [1.165, 1.54) is 17.1 Å². The number of imidazole rings is 1. The van der Waals surface area contributed by atoms with E-state index in [-0.39, 0.29) is 95.2 Å². The number of carbonyl (C=O) groups excluding carboxylic acids is 5. The van der Waals surface area contributed by atoms with Gasteiger partial charge in [0, 0.05) is 37.0 Å². The summed E-state index contributed by atoms with van der Waals surface area (Å²) in [5, 5.41) is 17.2. The van der Waals surface area contributed by atoms with E-state index >= 15 is 0 Å². The number of aromatic nitrogens is 2. The molecular formula is C42H52F5N7O11. The summed E-state index contributed by atoms with van der Waals surface area (Å²) in [6.07, 6.45) is -1.23. The van der Waals surface area contributed by atoms with E-state index in [0.29, 0.717) is 5.82 Å². The summed E-state index contributed by atoms with van der Waals surface area (Å²) in [6.45, 7) is 6.22. The summed E-state index contributed by atoms with van der Waals surface area (Å²) >= 11 is 0. The number of rotatable bonds is 22. The van der Waals surface area contributed by atoms with Gasteiger partial charge in [-0.05, 0) is 35.6 Å². The number of halogens is 5. The molecule has 23 heteroatoms. The molecule has 0 spiro atoms. The van der Waals surface area contributed by atoms with Gasteiger partial charge in [-0.25, -0.2) is 18.6 Å². The average Bonchev–Trinajstić information content (AvgIpc) is 3.80. The normalized spacial score (nSPS) is 13.5. The first kappa shape index (κ1) is 53.2. The summed E-state index contributed by atoms with van der Waals surface area (Å²) in [5.41, 5.74) is 11.0. The molecule has 65 heavy (non-hydrogen) atoms. The summed E-state index contributed by atoms with van der Waals surface area (Å²) in [5.74, 6) is -6.43. The molecule has 1 aliphatic rings. The first-order valence-electron chi connectivity index (χ1n) is 20.0. The Bertz CT molecular complexity index is 2100. The largest absolute Gasteiger partial charge is 0.490 e. The molecule has 2 aromatic carbocycles. The van der Waals surface area contributed by atoms with Crippen LogP contribution < -0.4 is 16.6 Å². The third-order valence-corrected chi connectivity index (χ3v) is 9.20. The third-order valence-electron chi connectivity index (χ3n) is 9.20. The number of carbonyl (C=O) groups is 6. The monoisotopic (exact) mass is 925 g/mol. The number of imide groups is 1. The van der Waals surface area contributed by atoms with Crippen LogP contribution in [0.25, 0.3) is 11.3 Å². The Morgan fingerprint density at radius 2 is 1.46 bits per heavy atom. The van der Waals surface area contributed by atoms with Crippen LogP contribution in [0.3, 0.4) is 0 Å². The molecular weight excluding hydrogens is 873 g/mol. The number of aliphatic hydroxyl groups excluding tert-OH is 1. The molecule has 1 aliphatic heterocycles. The molecule has 0 saturated carbocycles. The fourth-order valence-electron chi connectivity index (χ4n) is 6.07. The van der Waals surface area contributed by atoms with E-state index in [0.717, 1.165) is 28.7 Å². The Labute approximate surface area is 370 Å². The average molecular weight is 926 g/mol. The van der Waals surface area contributed by atoms with Gasteiger partial charge in [-0.15, -0.1) is 0 Å². The maximum Gasteiger partial charge on any atom is 0.490 e. The number of aliphatic carboxylic acids is 1. The lowest BCUT2D eigenvalue weighted by Gasteiger charge is -2.40. The van der Waals surface area contributed by atoms with Crippen LogP contribution in [0.15, 0.2) is 66.9 Å². The first-order valence-corrected chi connectivity index (χ1v) is 20.0. The van der Waals surface area contributed by atoms with E-state index in [2.05, 4.69) is 10.9 Å². The number of nitrogens with zero attached hydrogens (tertiary/aromatic N) is 4. The number of carboxylic acid groups (broad SMARTS) is 1. The molecule has 356 valence electrons. The quantitative estimate of drug-likeness (QED) is 0.0422. The Kier molecular flexibility index (Phi) is 20.8. The maximum atomic E-state index is 15.0. The number of alkyl halides is 3.